The third-order valence-corrected chi connectivity index (χ3v) is 2.13. The van der Waals surface area contributed by atoms with Crippen LogP contribution in [0.2, 0.25) is 0 Å². The van der Waals surface area contributed by atoms with Crippen molar-refractivity contribution in [3.8, 4) is 5.75 Å². The smallest absolute Gasteiger partial charge is 0.165 e. The Bertz CT molecular complexity index is 332. The van der Waals surface area contributed by atoms with Crippen molar-refractivity contribution in [1.29, 1.82) is 0 Å². The predicted molar refractivity (Wildman–Crippen MR) is 53.0 cm³/mol. The van der Waals surface area contributed by atoms with Crippen molar-refractivity contribution < 1.29 is 19.3 Å². The molecule has 0 spiro atoms. The van der Waals surface area contributed by atoms with Gasteiger partial charge in [-0.1, -0.05) is 6.07 Å². The zero-order valence-electron chi connectivity index (χ0n) is 8.35. The first-order chi connectivity index (χ1) is 7.10. The van der Waals surface area contributed by atoms with Gasteiger partial charge in [0.25, 0.3) is 0 Å². The lowest BCUT2D eigenvalue weighted by Gasteiger charge is -2.17. The maximum Gasteiger partial charge on any atom is 0.165 e. The Hall–Kier alpha value is -1.17. The summed E-state index contributed by atoms with van der Waals surface area (Å²) in [6.45, 7) is -0.366. The number of benzene rings is 1. The molecule has 84 valence electrons. The van der Waals surface area contributed by atoms with E-state index < -0.39 is 18.0 Å². The first-order valence-corrected chi connectivity index (χ1v) is 4.48. The second-order valence-electron chi connectivity index (χ2n) is 3.19. The second-order valence-corrected chi connectivity index (χ2v) is 3.19. The van der Waals surface area contributed by atoms with Crippen LogP contribution in [-0.2, 0) is 0 Å². The Morgan fingerprint density at radius 2 is 2.20 bits per heavy atom. The Balaban J connectivity index is 2.92. The highest BCUT2D eigenvalue weighted by Crippen LogP contribution is 2.22. The van der Waals surface area contributed by atoms with E-state index in [0.29, 0.717) is 5.56 Å². The Kier molecular flexibility index (Phi) is 4.02. The number of rotatable bonds is 4. The molecule has 1 aromatic rings. The van der Waals surface area contributed by atoms with Gasteiger partial charge >= 0.3 is 0 Å². The van der Waals surface area contributed by atoms with Gasteiger partial charge in [-0.3, -0.25) is 0 Å². The van der Waals surface area contributed by atoms with Crippen LogP contribution in [0.4, 0.5) is 4.39 Å². The van der Waals surface area contributed by atoms with Crippen molar-refractivity contribution in [3.05, 3.63) is 29.6 Å². The Morgan fingerprint density at radius 3 is 2.67 bits per heavy atom. The lowest BCUT2D eigenvalue weighted by atomic mass is 10.0. The SMILES string of the molecule is COc1ccc(C(O)C(N)CO)cc1F. The fourth-order valence-corrected chi connectivity index (χ4v) is 1.21. The van der Waals surface area contributed by atoms with Crippen LogP contribution >= 0.6 is 0 Å². The van der Waals surface area contributed by atoms with E-state index in [9.17, 15) is 9.50 Å². The number of hydrogen-bond acceptors (Lipinski definition) is 4. The number of nitrogens with two attached hydrogens (primary N) is 1. The Labute approximate surface area is 87.1 Å². The van der Waals surface area contributed by atoms with Gasteiger partial charge in [0.2, 0.25) is 0 Å². The lowest BCUT2D eigenvalue weighted by molar-refractivity contribution is 0.109. The summed E-state index contributed by atoms with van der Waals surface area (Å²) in [6.07, 6.45) is -1.09. The maximum atomic E-state index is 13.2. The molecule has 1 aromatic carbocycles. The molecular weight excluding hydrogens is 201 g/mol. The standard InChI is InChI=1S/C10H14FNO3/c1-15-9-3-2-6(4-7(9)11)10(14)8(12)5-13/h2-4,8,10,13-14H,5,12H2,1H3. The summed E-state index contributed by atoms with van der Waals surface area (Å²) in [5, 5.41) is 18.3. The highest BCUT2D eigenvalue weighted by atomic mass is 19.1. The van der Waals surface area contributed by atoms with Crippen molar-refractivity contribution in [2.75, 3.05) is 13.7 Å². The van der Waals surface area contributed by atoms with Crippen molar-refractivity contribution in [2.45, 2.75) is 12.1 Å². The Morgan fingerprint density at radius 1 is 1.53 bits per heavy atom. The van der Waals surface area contributed by atoms with Crippen LogP contribution in [0.1, 0.15) is 11.7 Å². The number of hydrogen-bond donors (Lipinski definition) is 3. The van der Waals surface area contributed by atoms with E-state index >= 15 is 0 Å². The van der Waals surface area contributed by atoms with E-state index in [0.717, 1.165) is 6.07 Å². The van der Waals surface area contributed by atoms with Crippen molar-refractivity contribution in [3.63, 3.8) is 0 Å². The van der Waals surface area contributed by atoms with Crippen molar-refractivity contribution >= 4 is 0 Å². The second kappa shape index (κ2) is 5.06. The molecular formula is C10H14FNO3. The largest absolute Gasteiger partial charge is 0.494 e. The molecule has 0 aliphatic rings. The van der Waals surface area contributed by atoms with Gasteiger partial charge in [-0.15, -0.1) is 0 Å². The number of ether oxygens (including phenoxy) is 1. The summed E-state index contributed by atoms with van der Waals surface area (Å²) in [5.41, 5.74) is 5.73. The van der Waals surface area contributed by atoms with E-state index in [4.69, 9.17) is 15.6 Å². The molecule has 0 aliphatic carbocycles. The molecule has 4 nitrogen and oxygen atoms in total. The zero-order valence-corrected chi connectivity index (χ0v) is 8.35. The molecule has 0 saturated heterocycles. The van der Waals surface area contributed by atoms with Crippen LogP contribution in [0.5, 0.6) is 5.75 Å². The molecule has 2 atom stereocenters. The minimum Gasteiger partial charge on any atom is -0.494 e. The van der Waals surface area contributed by atoms with Crippen LogP contribution in [0.15, 0.2) is 18.2 Å². The van der Waals surface area contributed by atoms with Gasteiger partial charge in [-0.2, -0.15) is 0 Å². The van der Waals surface area contributed by atoms with Crippen molar-refractivity contribution in [1.82, 2.24) is 0 Å². The minimum atomic E-state index is -1.09. The van der Waals surface area contributed by atoms with E-state index in [-0.39, 0.29) is 12.4 Å². The van der Waals surface area contributed by atoms with Crippen LogP contribution < -0.4 is 10.5 Å². The van der Waals surface area contributed by atoms with Gasteiger partial charge < -0.3 is 20.7 Å². The van der Waals surface area contributed by atoms with Gasteiger partial charge in [0.15, 0.2) is 11.6 Å². The molecule has 0 saturated carbocycles. The van der Waals surface area contributed by atoms with E-state index in [1.165, 1.54) is 19.2 Å². The molecule has 0 fully saturated rings. The summed E-state index contributed by atoms with van der Waals surface area (Å²) >= 11 is 0. The van der Waals surface area contributed by atoms with E-state index in [2.05, 4.69) is 0 Å². The third-order valence-electron chi connectivity index (χ3n) is 2.13. The van der Waals surface area contributed by atoms with Gasteiger partial charge in [0.05, 0.1) is 25.9 Å². The summed E-state index contributed by atoms with van der Waals surface area (Å²) in [5.74, 6) is -0.470. The van der Waals surface area contributed by atoms with Crippen LogP contribution in [0.25, 0.3) is 0 Å². The van der Waals surface area contributed by atoms with Crippen LogP contribution in [-0.4, -0.2) is 30.0 Å². The van der Waals surface area contributed by atoms with E-state index in [1.807, 2.05) is 0 Å². The fourth-order valence-electron chi connectivity index (χ4n) is 1.21. The average Bonchev–Trinajstić information content (AvgIpc) is 2.26. The van der Waals surface area contributed by atoms with Gasteiger partial charge in [0.1, 0.15) is 0 Å². The molecule has 2 unspecified atom stereocenters. The number of aliphatic hydroxyl groups is 2. The van der Waals surface area contributed by atoms with Crippen LogP contribution in [0.3, 0.4) is 0 Å². The molecule has 0 radical (unpaired) electrons. The lowest BCUT2D eigenvalue weighted by Crippen LogP contribution is -2.31. The molecule has 0 aliphatic heterocycles. The predicted octanol–water partition coefficient (Wildman–Crippen LogP) is 0.187. The summed E-state index contributed by atoms with van der Waals surface area (Å²) in [6, 6.07) is 3.22. The first-order valence-electron chi connectivity index (χ1n) is 4.48. The minimum absolute atomic E-state index is 0.100. The molecule has 1 rings (SSSR count). The molecule has 0 heterocycles. The molecule has 5 heteroatoms. The van der Waals surface area contributed by atoms with Gasteiger partial charge in [0, 0.05) is 0 Å². The number of halogens is 1. The van der Waals surface area contributed by atoms with Gasteiger partial charge in [-0.25, -0.2) is 4.39 Å². The molecule has 15 heavy (non-hydrogen) atoms. The monoisotopic (exact) mass is 215 g/mol. The summed E-state index contributed by atoms with van der Waals surface area (Å²) < 4.78 is 18.0. The summed E-state index contributed by atoms with van der Waals surface area (Å²) in [7, 11) is 1.36. The highest BCUT2D eigenvalue weighted by molar-refractivity contribution is 5.30. The molecule has 4 N–H and O–H groups in total. The normalized spacial score (nSPS) is 14.7. The summed E-state index contributed by atoms with van der Waals surface area (Å²) in [4.78, 5) is 0. The molecule has 0 bridgehead atoms. The third kappa shape index (κ3) is 2.65. The zero-order chi connectivity index (χ0) is 11.4. The molecule has 0 aromatic heterocycles. The average molecular weight is 215 g/mol. The number of methoxy groups -OCH3 is 1. The maximum absolute atomic E-state index is 13.2. The van der Waals surface area contributed by atoms with Crippen LogP contribution in [0, 0.1) is 5.82 Å². The quantitative estimate of drug-likeness (QED) is 0.670. The van der Waals surface area contributed by atoms with E-state index in [1.54, 1.807) is 0 Å². The van der Waals surface area contributed by atoms with Crippen molar-refractivity contribution in [2.24, 2.45) is 5.73 Å². The fraction of sp³-hybridized carbons (Fsp3) is 0.400. The topological polar surface area (TPSA) is 75.7 Å². The van der Waals surface area contributed by atoms with Gasteiger partial charge in [-0.05, 0) is 17.7 Å². The highest BCUT2D eigenvalue weighted by Gasteiger charge is 2.17. The number of aliphatic hydroxyl groups excluding tert-OH is 2. The first kappa shape index (κ1) is 11.9. The molecule has 0 amide bonds.